The number of nitrogens with zero attached hydrogens (tertiary/aromatic N) is 2. The van der Waals surface area contributed by atoms with Gasteiger partial charge in [0.15, 0.2) is 0 Å². The number of rotatable bonds is 7. The van der Waals surface area contributed by atoms with E-state index in [-0.39, 0.29) is 24.3 Å². The lowest BCUT2D eigenvalue weighted by Crippen LogP contribution is -3.14. The van der Waals surface area contributed by atoms with Crippen molar-refractivity contribution in [2.24, 2.45) is 0 Å². The van der Waals surface area contributed by atoms with E-state index >= 15 is 0 Å². The van der Waals surface area contributed by atoms with Crippen LogP contribution in [0, 0.1) is 0 Å². The van der Waals surface area contributed by atoms with E-state index in [4.69, 9.17) is 0 Å². The van der Waals surface area contributed by atoms with Gasteiger partial charge >= 0.3 is 0 Å². The Morgan fingerprint density at radius 1 is 0.857 bits per heavy atom. The first-order valence-corrected chi connectivity index (χ1v) is 12.3. The summed E-state index contributed by atoms with van der Waals surface area (Å²) in [5.41, 5.74) is 2.32. The van der Waals surface area contributed by atoms with Gasteiger partial charge in [-0.1, -0.05) is 60.7 Å². The van der Waals surface area contributed by atoms with Crippen molar-refractivity contribution in [1.29, 1.82) is 0 Å². The number of quaternary nitrogens is 1. The first-order valence-electron chi connectivity index (χ1n) is 12.3. The van der Waals surface area contributed by atoms with Crippen LogP contribution in [0.5, 0.6) is 0 Å². The van der Waals surface area contributed by atoms with Crippen molar-refractivity contribution in [3.63, 3.8) is 0 Å². The highest BCUT2D eigenvalue weighted by Crippen LogP contribution is 2.30. The molecule has 6 heteroatoms. The highest BCUT2D eigenvalue weighted by molar-refractivity contribution is 6.25. The van der Waals surface area contributed by atoms with Crippen molar-refractivity contribution in [2.45, 2.75) is 12.8 Å². The van der Waals surface area contributed by atoms with E-state index in [1.165, 1.54) is 15.4 Å². The van der Waals surface area contributed by atoms with Gasteiger partial charge in [0, 0.05) is 29.5 Å². The molecular weight excluding hydrogens is 438 g/mol. The lowest BCUT2D eigenvalue weighted by atomic mass is 9.94. The molecular formula is C29H30N3O3+. The molecule has 3 amide bonds. The largest absolute Gasteiger partial charge is 0.331 e. The smallest absolute Gasteiger partial charge is 0.261 e. The summed E-state index contributed by atoms with van der Waals surface area (Å²) in [6.07, 6.45) is 5.16. The molecule has 1 fully saturated rings. The minimum atomic E-state index is -0.271. The quantitative estimate of drug-likeness (QED) is 0.543. The summed E-state index contributed by atoms with van der Waals surface area (Å²) < 4.78 is 0. The number of carbonyl (C=O) groups is 3. The molecule has 0 aromatic heterocycles. The van der Waals surface area contributed by atoms with Gasteiger partial charge in [0.2, 0.25) is 5.91 Å². The molecule has 2 heterocycles. The van der Waals surface area contributed by atoms with Crippen LogP contribution in [0.2, 0.25) is 0 Å². The summed E-state index contributed by atoms with van der Waals surface area (Å²) in [7, 11) is 0. The molecule has 0 saturated carbocycles. The third kappa shape index (κ3) is 4.88. The second kappa shape index (κ2) is 10.2. The van der Waals surface area contributed by atoms with Crippen LogP contribution < -0.4 is 4.90 Å². The van der Waals surface area contributed by atoms with Crippen LogP contribution in [0.15, 0.2) is 72.8 Å². The molecule has 5 rings (SSSR count). The van der Waals surface area contributed by atoms with Crippen LogP contribution in [0.4, 0.5) is 0 Å². The Kier molecular flexibility index (Phi) is 6.73. The average molecular weight is 469 g/mol. The Labute approximate surface area is 205 Å². The molecule has 0 atom stereocenters. The summed E-state index contributed by atoms with van der Waals surface area (Å²) in [4.78, 5) is 43.5. The minimum Gasteiger partial charge on any atom is -0.331 e. The number of piperazine rings is 1. The maximum Gasteiger partial charge on any atom is 0.261 e. The molecule has 0 aliphatic carbocycles. The monoisotopic (exact) mass is 468 g/mol. The van der Waals surface area contributed by atoms with Gasteiger partial charge in [-0.15, -0.1) is 0 Å². The van der Waals surface area contributed by atoms with Crippen molar-refractivity contribution in [3.05, 3.63) is 89.5 Å². The van der Waals surface area contributed by atoms with Crippen molar-refractivity contribution < 1.29 is 19.3 Å². The molecule has 0 bridgehead atoms. The molecule has 6 nitrogen and oxygen atoms in total. The minimum absolute atomic E-state index is 0.100. The Hall–Kier alpha value is -3.77. The van der Waals surface area contributed by atoms with E-state index in [9.17, 15) is 14.4 Å². The van der Waals surface area contributed by atoms with Gasteiger partial charge in [0.05, 0.1) is 32.7 Å². The van der Waals surface area contributed by atoms with Crippen LogP contribution in [0.1, 0.15) is 39.1 Å². The zero-order valence-corrected chi connectivity index (χ0v) is 19.8. The van der Waals surface area contributed by atoms with Crippen LogP contribution in [-0.4, -0.2) is 66.8 Å². The van der Waals surface area contributed by atoms with Gasteiger partial charge in [0.25, 0.3) is 11.8 Å². The number of nitrogens with one attached hydrogen (secondary N) is 1. The summed E-state index contributed by atoms with van der Waals surface area (Å²) in [5, 5.41) is 1.63. The maximum atomic E-state index is 13.0. The third-order valence-electron chi connectivity index (χ3n) is 6.97. The van der Waals surface area contributed by atoms with E-state index in [0.29, 0.717) is 24.0 Å². The number of imide groups is 1. The van der Waals surface area contributed by atoms with Crippen molar-refractivity contribution in [1.82, 2.24) is 9.80 Å². The zero-order valence-electron chi connectivity index (χ0n) is 19.8. The Bertz CT molecular complexity index is 1230. The normalized spacial score (nSPS) is 16.5. The molecule has 3 aromatic carbocycles. The van der Waals surface area contributed by atoms with Gasteiger partial charge in [-0.25, -0.2) is 0 Å². The highest BCUT2D eigenvalue weighted by Gasteiger charge is 2.32. The Balaban J connectivity index is 1.10. The number of hydrogen-bond donors (Lipinski definition) is 1. The molecule has 35 heavy (non-hydrogen) atoms. The van der Waals surface area contributed by atoms with Gasteiger partial charge in [-0.05, 0) is 35.6 Å². The van der Waals surface area contributed by atoms with Crippen LogP contribution in [0.25, 0.3) is 16.8 Å². The first kappa shape index (κ1) is 23.0. The van der Waals surface area contributed by atoms with E-state index < -0.39 is 0 Å². The molecule has 1 saturated heterocycles. The lowest BCUT2D eigenvalue weighted by Gasteiger charge is -2.32. The average Bonchev–Trinajstić information content (AvgIpc) is 2.90. The maximum absolute atomic E-state index is 13.0. The fourth-order valence-electron chi connectivity index (χ4n) is 5.03. The molecule has 1 N–H and O–H groups in total. The SMILES string of the molecule is O=C(CCCN1C(=O)c2cccc3cccc(c23)C1=O)N1CC[NH+](C/C=C/c2ccccc2)CC1. The van der Waals surface area contributed by atoms with Gasteiger partial charge in [0.1, 0.15) is 0 Å². The molecule has 0 unspecified atom stereocenters. The molecule has 3 aromatic rings. The third-order valence-corrected chi connectivity index (χ3v) is 6.97. The van der Waals surface area contributed by atoms with Gasteiger partial charge < -0.3 is 9.80 Å². The highest BCUT2D eigenvalue weighted by atomic mass is 16.2. The zero-order chi connectivity index (χ0) is 24.2. The second-order valence-corrected chi connectivity index (χ2v) is 9.22. The summed E-state index contributed by atoms with van der Waals surface area (Å²) in [5.74, 6) is -0.441. The van der Waals surface area contributed by atoms with Gasteiger partial charge in [-0.3, -0.25) is 19.3 Å². The standard InChI is InChI=1S/C29H29N3O3/c33-26(31-20-18-30(19-21-31)16-6-10-22-8-2-1-3-9-22)15-7-17-32-28(34)24-13-4-11-23-12-5-14-25(27(23)24)29(32)35/h1-6,8-14H,7,15-21H2/p+1/b10-6+. The van der Waals surface area contributed by atoms with Crippen molar-refractivity contribution in [2.75, 3.05) is 39.3 Å². The van der Waals surface area contributed by atoms with E-state index in [1.807, 2.05) is 47.4 Å². The fourth-order valence-corrected chi connectivity index (χ4v) is 5.03. The first-order chi connectivity index (χ1) is 17.1. The number of hydrogen-bond acceptors (Lipinski definition) is 3. The lowest BCUT2D eigenvalue weighted by molar-refractivity contribution is -0.898. The summed E-state index contributed by atoms with van der Waals surface area (Å²) >= 11 is 0. The predicted molar refractivity (Wildman–Crippen MR) is 136 cm³/mol. The fraction of sp³-hybridized carbons (Fsp3) is 0.276. The number of carbonyl (C=O) groups excluding carboxylic acids is 3. The van der Waals surface area contributed by atoms with Gasteiger partial charge in [-0.2, -0.15) is 0 Å². The summed E-state index contributed by atoms with van der Waals surface area (Å²) in [6.45, 7) is 4.53. The van der Waals surface area contributed by atoms with Crippen LogP contribution in [-0.2, 0) is 4.79 Å². The second-order valence-electron chi connectivity index (χ2n) is 9.22. The molecule has 0 radical (unpaired) electrons. The van der Waals surface area contributed by atoms with Crippen molar-refractivity contribution in [3.8, 4) is 0 Å². The topological polar surface area (TPSA) is 62.1 Å². The molecule has 2 aliphatic heterocycles. The predicted octanol–water partition coefficient (Wildman–Crippen LogP) is 2.66. The Morgan fingerprint density at radius 2 is 1.51 bits per heavy atom. The molecule has 178 valence electrons. The van der Waals surface area contributed by atoms with Crippen LogP contribution >= 0.6 is 0 Å². The summed E-state index contributed by atoms with van der Waals surface area (Å²) in [6, 6.07) is 21.3. The molecule has 0 spiro atoms. The number of amides is 3. The van der Waals surface area contributed by atoms with Crippen LogP contribution in [0.3, 0.4) is 0 Å². The van der Waals surface area contributed by atoms with E-state index in [2.05, 4.69) is 24.3 Å². The molecule has 2 aliphatic rings. The van der Waals surface area contributed by atoms with E-state index in [0.717, 1.165) is 43.5 Å². The Morgan fingerprint density at radius 3 is 2.17 bits per heavy atom. The van der Waals surface area contributed by atoms with E-state index in [1.54, 1.807) is 12.1 Å². The number of benzene rings is 3. The van der Waals surface area contributed by atoms with Crippen molar-refractivity contribution >= 4 is 34.6 Å².